The van der Waals surface area contributed by atoms with Gasteiger partial charge in [0, 0.05) is 51.1 Å². The molecule has 2 aliphatic rings. The molecule has 1 unspecified atom stereocenters. The van der Waals surface area contributed by atoms with Crippen molar-refractivity contribution in [2.24, 2.45) is 0 Å². The predicted octanol–water partition coefficient (Wildman–Crippen LogP) is -0.746. The average Bonchev–Trinajstić information content (AvgIpc) is 2.70. The van der Waals surface area contributed by atoms with Crippen LogP contribution in [-0.4, -0.2) is 82.0 Å². The van der Waals surface area contributed by atoms with Crippen LogP contribution in [0.15, 0.2) is 30.3 Å². The Bertz CT molecular complexity index is 802. The molecule has 29 heavy (non-hydrogen) atoms. The molecule has 2 amide bonds. The van der Waals surface area contributed by atoms with E-state index in [0.29, 0.717) is 32.1 Å². The van der Waals surface area contributed by atoms with Crippen molar-refractivity contribution in [2.75, 3.05) is 37.7 Å². The lowest BCUT2D eigenvalue weighted by molar-refractivity contribution is -0.139. The first-order valence-electron chi connectivity index (χ1n) is 9.45. The molecule has 0 aromatic carbocycles. The van der Waals surface area contributed by atoms with Crippen LogP contribution in [-0.2, 0) is 19.1 Å². The van der Waals surface area contributed by atoms with Crippen LogP contribution in [0.1, 0.15) is 20.3 Å². The smallest absolute Gasteiger partial charge is 0.287 e. The molecule has 1 aromatic heterocycles. The summed E-state index contributed by atoms with van der Waals surface area (Å²) < 4.78 is 5.54. The molecule has 0 saturated carbocycles. The fraction of sp³-hybridized carbons (Fsp3) is 0.526. The van der Waals surface area contributed by atoms with Gasteiger partial charge in [0.1, 0.15) is 11.6 Å². The second kappa shape index (κ2) is 8.56. The minimum atomic E-state index is -1.12. The van der Waals surface area contributed by atoms with Crippen LogP contribution in [0.3, 0.4) is 0 Å². The Labute approximate surface area is 168 Å². The number of rotatable bonds is 5. The van der Waals surface area contributed by atoms with Gasteiger partial charge in [0.05, 0.1) is 6.61 Å². The molecule has 1 aromatic rings. The zero-order valence-electron chi connectivity index (χ0n) is 16.5. The van der Waals surface area contributed by atoms with E-state index in [1.165, 1.54) is 0 Å². The highest BCUT2D eigenvalue weighted by molar-refractivity contribution is 6.03. The molecule has 1 atom stereocenters. The van der Waals surface area contributed by atoms with Gasteiger partial charge in [-0.3, -0.25) is 14.4 Å². The first-order valence-corrected chi connectivity index (χ1v) is 9.45. The normalized spacial score (nSPS) is 19.8. The zero-order chi connectivity index (χ0) is 21.0. The first-order chi connectivity index (χ1) is 13.8. The number of ether oxygens (including phenoxy) is 1. The predicted molar refractivity (Wildman–Crippen MR) is 103 cm³/mol. The number of allylic oxidation sites excluding steroid dienone is 1. The molecular weight excluding hydrogens is 378 g/mol. The van der Waals surface area contributed by atoms with Crippen LogP contribution in [0.4, 0.5) is 5.95 Å². The highest BCUT2D eigenvalue weighted by atomic mass is 16.5. The second-order valence-corrected chi connectivity index (χ2v) is 7.58. The number of carbonyl (C=O) groups excluding carboxylic acids is 3. The van der Waals surface area contributed by atoms with Gasteiger partial charge in [-0.1, -0.05) is 0 Å². The van der Waals surface area contributed by atoms with E-state index in [-0.39, 0.29) is 18.0 Å². The van der Waals surface area contributed by atoms with Crippen molar-refractivity contribution in [2.45, 2.75) is 31.9 Å². The summed E-state index contributed by atoms with van der Waals surface area (Å²) in [6.07, 6.45) is 4.61. The summed E-state index contributed by atoms with van der Waals surface area (Å²) in [6.45, 7) is 4.75. The van der Waals surface area contributed by atoms with Crippen molar-refractivity contribution in [1.29, 1.82) is 0 Å². The van der Waals surface area contributed by atoms with Crippen LogP contribution in [0, 0.1) is 0 Å². The number of aromatic nitrogens is 2. The minimum Gasteiger partial charge on any atom is -0.482 e. The fourth-order valence-electron chi connectivity index (χ4n) is 3.31. The summed E-state index contributed by atoms with van der Waals surface area (Å²) >= 11 is 0. The molecule has 10 heteroatoms. The van der Waals surface area contributed by atoms with Crippen molar-refractivity contribution < 1.29 is 24.2 Å². The number of ketones is 1. The van der Waals surface area contributed by atoms with Crippen molar-refractivity contribution in [1.82, 2.24) is 20.2 Å². The van der Waals surface area contributed by atoms with Gasteiger partial charge < -0.3 is 25.0 Å². The van der Waals surface area contributed by atoms with Crippen LogP contribution in [0.2, 0.25) is 0 Å². The topological polar surface area (TPSA) is 125 Å². The number of piperazine rings is 1. The van der Waals surface area contributed by atoms with Gasteiger partial charge in [0.25, 0.3) is 5.91 Å². The molecule has 0 radical (unpaired) electrons. The van der Waals surface area contributed by atoms with E-state index in [2.05, 4.69) is 15.3 Å². The highest BCUT2D eigenvalue weighted by Crippen LogP contribution is 2.24. The standard InChI is InChI=1S/C19H25N5O5/c1-19(2)11-13(26)10-15(29-19)16(27)22-14(12-25)17(28)23-6-8-24(9-7-23)18-20-4-3-5-21-18/h3-5,10,14,25H,6-9,11-12H2,1-2H3,(H,22,27). The van der Waals surface area contributed by atoms with Gasteiger partial charge >= 0.3 is 0 Å². The monoisotopic (exact) mass is 403 g/mol. The maximum atomic E-state index is 12.8. The SMILES string of the molecule is CC1(C)CC(=O)C=C(C(=O)NC(CO)C(=O)N2CCN(c3ncccn3)CC2)O1. The first kappa shape index (κ1) is 20.7. The third-order valence-electron chi connectivity index (χ3n) is 4.71. The molecule has 1 saturated heterocycles. The van der Waals surface area contributed by atoms with E-state index in [1.54, 1.807) is 37.2 Å². The molecule has 0 aliphatic carbocycles. The number of carbonyl (C=O) groups is 3. The third-order valence-corrected chi connectivity index (χ3v) is 4.71. The molecule has 10 nitrogen and oxygen atoms in total. The molecule has 156 valence electrons. The Kier molecular flexibility index (Phi) is 6.12. The lowest BCUT2D eigenvalue weighted by atomic mass is 9.98. The van der Waals surface area contributed by atoms with Crippen LogP contribution in [0.25, 0.3) is 0 Å². The van der Waals surface area contributed by atoms with Crippen LogP contribution in [0.5, 0.6) is 0 Å². The summed E-state index contributed by atoms with van der Waals surface area (Å²) in [6, 6.07) is 0.615. The Hall–Kier alpha value is -3.01. The van der Waals surface area contributed by atoms with Crippen LogP contribution >= 0.6 is 0 Å². The molecule has 3 heterocycles. The molecule has 2 N–H and O–H groups in total. The number of hydrogen-bond donors (Lipinski definition) is 2. The number of aliphatic hydroxyl groups is 1. The Morgan fingerprint density at radius 1 is 1.24 bits per heavy atom. The lowest BCUT2D eigenvalue weighted by Crippen LogP contribution is -2.56. The molecule has 0 bridgehead atoms. The van der Waals surface area contributed by atoms with E-state index in [0.717, 1.165) is 6.08 Å². The number of anilines is 1. The van der Waals surface area contributed by atoms with E-state index in [9.17, 15) is 19.5 Å². The minimum absolute atomic E-state index is 0.149. The van der Waals surface area contributed by atoms with Gasteiger partial charge in [-0.15, -0.1) is 0 Å². The molecule has 2 aliphatic heterocycles. The largest absolute Gasteiger partial charge is 0.482 e. The molecule has 3 rings (SSSR count). The quantitative estimate of drug-likeness (QED) is 0.658. The van der Waals surface area contributed by atoms with Gasteiger partial charge in [0.2, 0.25) is 11.9 Å². The van der Waals surface area contributed by atoms with E-state index >= 15 is 0 Å². The second-order valence-electron chi connectivity index (χ2n) is 7.58. The summed E-state index contributed by atoms with van der Waals surface area (Å²) in [5.41, 5.74) is -0.799. The number of hydrogen-bond acceptors (Lipinski definition) is 8. The zero-order valence-corrected chi connectivity index (χ0v) is 16.5. The number of aliphatic hydroxyl groups excluding tert-OH is 1. The van der Waals surface area contributed by atoms with Crippen molar-refractivity contribution >= 4 is 23.5 Å². The van der Waals surface area contributed by atoms with Gasteiger partial charge in [0.15, 0.2) is 11.5 Å². The number of nitrogens with zero attached hydrogens (tertiary/aromatic N) is 4. The van der Waals surface area contributed by atoms with E-state index in [4.69, 9.17) is 4.74 Å². The highest BCUT2D eigenvalue weighted by Gasteiger charge is 2.34. The summed E-state index contributed by atoms with van der Waals surface area (Å²) in [7, 11) is 0. The average molecular weight is 403 g/mol. The molecule has 0 spiro atoms. The van der Waals surface area contributed by atoms with Crippen LogP contribution < -0.4 is 10.2 Å². The maximum Gasteiger partial charge on any atom is 0.287 e. The van der Waals surface area contributed by atoms with Gasteiger partial charge in [-0.05, 0) is 19.9 Å². The molecule has 1 fully saturated rings. The maximum absolute atomic E-state index is 12.8. The summed E-state index contributed by atoms with van der Waals surface area (Å²) in [5.74, 6) is -0.868. The summed E-state index contributed by atoms with van der Waals surface area (Å²) in [5, 5.41) is 12.1. The van der Waals surface area contributed by atoms with E-state index < -0.39 is 30.1 Å². The Morgan fingerprint density at radius 2 is 1.90 bits per heavy atom. The Balaban J connectivity index is 1.58. The third kappa shape index (κ3) is 5.08. The van der Waals surface area contributed by atoms with Crippen molar-refractivity contribution in [3.8, 4) is 0 Å². The van der Waals surface area contributed by atoms with E-state index in [1.807, 2.05) is 4.90 Å². The fourth-order valence-corrected chi connectivity index (χ4v) is 3.31. The number of nitrogens with one attached hydrogen (secondary N) is 1. The summed E-state index contributed by atoms with van der Waals surface area (Å²) in [4.78, 5) is 49.0. The van der Waals surface area contributed by atoms with Gasteiger partial charge in [-0.2, -0.15) is 0 Å². The number of amides is 2. The lowest BCUT2D eigenvalue weighted by Gasteiger charge is -2.36. The molecular formula is C19H25N5O5. The Morgan fingerprint density at radius 3 is 2.48 bits per heavy atom. The van der Waals surface area contributed by atoms with Crippen molar-refractivity contribution in [3.05, 3.63) is 30.3 Å². The van der Waals surface area contributed by atoms with Gasteiger partial charge in [-0.25, -0.2) is 9.97 Å². The van der Waals surface area contributed by atoms with Crippen molar-refractivity contribution in [3.63, 3.8) is 0 Å².